The lowest BCUT2D eigenvalue weighted by molar-refractivity contribution is -0.195. The molecule has 1 saturated heterocycles. The number of hydroxylamine groups is 2. The minimum Gasteiger partial charge on any atom is -0.467 e. The van der Waals surface area contributed by atoms with E-state index in [1.54, 1.807) is 0 Å². The Kier molecular flexibility index (Phi) is 2.48. The van der Waals surface area contributed by atoms with Gasteiger partial charge in [0.25, 0.3) is 11.8 Å². The Morgan fingerprint density at radius 1 is 1.28 bits per heavy atom. The molecule has 1 aliphatic heterocycles. The van der Waals surface area contributed by atoms with Crippen molar-refractivity contribution in [1.29, 1.82) is 0 Å². The van der Waals surface area contributed by atoms with E-state index in [9.17, 15) is 14.4 Å². The van der Waals surface area contributed by atoms with Gasteiger partial charge in [-0.15, -0.1) is 0 Å². The molecule has 0 aromatic carbocycles. The maximum atomic E-state index is 12.1. The summed E-state index contributed by atoms with van der Waals surface area (Å²) in [6.45, 7) is -0.420. The molecule has 3 aliphatic rings. The first-order valence-electron chi connectivity index (χ1n) is 5.89. The number of rotatable bonds is 3. The lowest BCUT2D eigenvalue weighted by Gasteiger charge is -2.15. The molecule has 2 fully saturated rings. The van der Waals surface area contributed by atoms with E-state index < -0.39 is 12.6 Å². The topological polar surface area (TPSA) is 72.9 Å². The summed E-state index contributed by atoms with van der Waals surface area (Å²) in [5.74, 6) is -1.59. The highest BCUT2D eigenvalue weighted by Gasteiger charge is 2.60. The van der Waals surface area contributed by atoms with E-state index in [4.69, 9.17) is 4.84 Å². The average Bonchev–Trinajstić information content (AvgIpc) is 3.02. The van der Waals surface area contributed by atoms with E-state index in [1.807, 2.05) is 12.2 Å². The summed E-state index contributed by atoms with van der Waals surface area (Å²) < 4.78 is 4.40. The van der Waals surface area contributed by atoms with Crippen molar-refractivity contribution in [2.75, 3.05) is 13.7 Å². The molecule has 0 aromatic heterocycles. The number of esters is 1. The van der Waals surface area contributed by atoms with Gasteiger partial charge < -0.3 is 4.74 Å². The third-order valence-corrected chi connectivity index (χ3v) is 3.97. The Labute approximate surface area is 103 Å². The van der Waals surface area contributed by atoms with Crippen LogP contribution in [-0.4, -0.2) is 36.6 Å². The molecule has 0 radical (unpaired) electrons. The van der Waals surface area contributed by atoms with E-state index in [1.165, 1.54) is 7.11 Å². The zero-order valence-electron chi connectivity index (χ0n) is 9.87. The minimum atomic E-state index is -0.617. The number of allylic oxidation sites excluding steroid dienone is 2. The van der Waals surface area contributed by atoms with Gasteiger partial charge in [0.15, 0.2) is 6.61 Å². The van der Waals surface area contributed by atoms with Gasteiger partial charge in [0.05, 0.1) is 18.9 Å². The first kappa shape index (κ1) is 11.4. The first-order valence-corrected chi connectivity index (χ1v) is 5.89. The lowest BCUT2D eigenvalue weighted by atomic mass is 9.85. The number of carbonyl (C=O) groups excluding carboxylic acids is 3. The van der Waals surface area contributed by atoms with Gasteiger partial charge in [0, 0.05) is 0 Å². The molecule has 0 unspecified atom stereocenters. The van der Waals surface area contributed by atoms with Gasteiger partial charge in [-0.05, 0) is 18.3 Å². The number of nitrogens with zero attached hydrogens (tertiary/aromatic N) is 1. The molecule has 2 bridgehead atoms. The maximum Gasteiger partial charge on any atom is 0.334 e. The van der Waals surface area contributed by atoms with Gasteiger partial charge in [0.2, 0.25) is 0 Å². The second-order valence-electron chi connectivity index (χ2n) is 4.82. The van der Waals surface area contributed by atoms with Gasteiger partial charge >= 0.3 is 5.97 Å². The average molecular weight is 251 g/mol. The Bertz CT molecular complexity index is 427. The maximum absolute atomic E-state index is 12.1. The quantitative estimate of drug-likeness (QED) is 0.398. The van der Waals surface area contributed by atoms with Crippen molar-refractivity contribution < 1.29 is 24.0 Å². The molecule has 96 valence electrons. The molecule has 1 heterocycles. The number of methoxy groups -OCH3 is 1. The van der Waals surface area contributed by atoms with Gasteiger partial charge in [-0.25, -0.2) is 4.79 Å². The van der Waals surface area contributed by atoms with Crippen molar-refractivity contribution in [3.8, 4) is 0 Å². The molecule has 1 saturated carbocycles. The highest BCUT2D eigenvalue weighted by Crippen LogP contribution is 2.52. The number of ether oxygens (including phenoxy) is 1. The number of fused-ring (bicyclic) bond motifs is 5. The molecular formula is C12H13NO5. The van der Waals surface area contributed by atoms with Crippen molar-refractivity contribution in [3.05, 3.63) is 12.2 Å². The highest BCUT2D eigenvalue weighted by atomic mass is 16.7. The Hall–Kier alpha value is -1.69. The monoisotopic (exact) mass is 251 g/mol. The van der Waals surface area contributed by atoms with Crippen LogP contribution in [0.2, 0.25) is 0 Å². The molecule has 2 amide bonds. The molecule has 6 nitrogen and oxygen atoms in total. The zero-order chi connectivity index (χ0) is 12.9. The van der Waals surface area contributed by atoms with Crippen LogP contribution in [0.4, 0.5) is 0 Å². The molecule has 0 spiro atoms. The molecular weight excluding hydrogens is 238 g/mol. The van der Waals surface area contributed by atoms with Crippen LogP contribution < -0.4 is 0 Å². The smallest absolute Gasteiger partial charge is 0.334 e. The second-order valence-corrected chi connectivity index (χ2v) is 4.82. The number of hydrogen-bond donors (Lipinski definition) is 0. The van der Waals surface area contributed by atoms with Crippen molar-refractivity contribution in [1.82, 2.24) is 5.06 Å². The van der Waals surface area contributed by atoms with Crippen LogP contribution in [0.15, 0.2) is 12.2 Å². The standard InChI is InChI=1S/C12H13NO5/c1-17-8(14)5-18-13-11(15)9-6-2-3-7(4-6)10(9)12(13)16/h2-3,6-7,9-10H,4-5H2,1H3/t6-,7+,9-,10-/m0/s1. The van der Waals surface area contributed by atoms with Gasteiger partial charge in [-0.1, -0.05) is 12.2 Å². The van der Waals surface area contributed by atoms with Crippen LogP contribution in [-0.2, 0) is 24.0 Å². The number of amides is 2. The lowest BCUT2D eigenvalue weighted by Crippen LogP contribution is -2.35. The van der Waals surface area contributed by atoms with Gasteiger partial charge in [-0.3, -0.25) is 14.4 Å². The Morgan fingerprint density at radius 2 is 1.83 bits per heavy atom. The molecule has 3 rings (SSSR count). The molecule has 0 aromatic rings. The van der Waals surface area contributed by atoms with Crippen molar-refractivity contribution in [3.63, 3.8) is 0 Å². The summed E-state index contributed by atoms with van der Waals surface area (Å²) in [4.78, 5) is 40.1. The van der Waals surface area contributed by atoms with Gasteiger partial charge in [-0.2, -0.15) is 5.06 Å². The first-order chi connectivity index (χ1) is 8.63. The predicted octanol–water partition coefficient (Wildman–Crippen LogP) is -0.102. The predicted molar refractivity (Wildman–Crippen MR) is 57.5 cm³/mol. The number of hydrogen-bond acceptors (Lipinski definition) is 5. The fourth-order valence-corrected chi connectivity index (χ4v) is 3.18. The van der Waals surface area contributed by atoms with Crippen LogP contribution in [0, 0.1) is 23.7 Å². The van der Waals surface area contributed by atoms with Crippen LogP contribution in [0.5, 0.6) is 0 Å². The van der Waals surface area contributed by atoms with E-state index in [-0.39, 0.29) is 35.5 Å². The summed E-state index contributed by atoms with van der Waals surface area (Å²) >= 11 is 0. The fourth-order valence-electron chi connectivity index (χ4n) is 3.18. The molecule has 6 heteroatoms. The van der Waals surface area contributed by atoms with Crippen LogP contribution in [0.25, 0.3) is 0 Å². The number of carbonyl (C=O) groups is 3. The van der Waals surface area contributed by atoms with E-state index in [2.05, 4.69) is 4.74 Å². The van der Waals surface area contributed by atoms with Crippen LogP contribution >= 0.6 is 0 Å². The zero-order valence-corrected chi connectivity index (χ0v) is 9.87. The molecule has 0 N–H and O–H groups in total. The van der Waals surface area contributed by atoms with E-state index >= 15 is 0 Å². The SMILES string of the molecule is COC(=O)CON1C(=O)[C@@H]2[C@@H](C1=O)[C@H]1C=C[C@@H]2C1. The summed E-state index contributed by atoms with van der Waals surface area (Å²) in [7, 11) is 1.22. The van der Waals surface area contributed by atoms with E-state index in [0.29, 0.717) is 0 Å². The molecule has 2 aliphatic carbocycles. The minimum absolute atomic E-state index is 0.142. The third kappa shape index (κ3) is 1.42. The van der Waals surface area contributed by atoms with Crippen molar-refractivity contribution in [2.45, 2.75) is 6.42 Å². The third-order valence-electron chi connectivity index (χ3n) is 3.97. The summed E-state index contributed by atoms with van der Waals surface area (Å²) in [6.07, 6.45) is 4.87. The highest BCUT2D eigenvalue weighted by molar-refractivity contribution is 6.05. The van der Waals surface area contributed by atoms with Crippen molar-refractivity contribution >= 4 is 17.8 Å². The summed E-state index contributed by atoms with van der Waals surface area (Å²) in [6, 6.07) is 0. The second kappa shape index (κ2) is 3.91. The van der Waals surface area contributed by atoms with Crippen LogP contribution in [0.3, 0.4) is 0 Å². The Morgan fingerprint density at radius 3 is 2.33 bits per heavy atom. The summed E-state index contributed by atoms with van der Waals surface area (Å²) in [5.41, 5.74) is 0. The molecule has 4 atom stereocenters. The fraction of sp³-hybridized carbons (Fsp3) is 0.583. The van der Waals surface area contributed by atoms with Crippen LogP contribution in [0.1, 0.15) is 6.42 Å². The van der Waals surface area contributed by atoms with E-state index in [0.717, 1.165) is 11.5 Å². The van der Waals surface area contributed by atoms with Crippen molar-refractivity contribution in [2.24, 2.45) is 23.7 Å². The Balaban J connectivity index is 1.74. The largest absolute Gasteiger partial charge is 0.467 e. The van der Waals surface area contributed by atoms with Gasteiger partial charge in [0.1, 0.15) is 0 Å². The number of imide groups is 1. The normalized spacial score (nSPS) is 36.4. The summed E-state index contributed by atoms with van der Waals surface area (Å²) in [5, 5.41) is 0.748. The molecule has 18 heavy (non-hydrogen) atoms.